The lowest BCUT2D eigenvalue weighted by Crippen LogP contribution is -2.24. The number of nitrogens with zero attached hydrogens (tertiary/aromatic N) is 3. The van der Waals surface area contributed by atoms with E-state index in [-0.39, 0.29) is 17.2 Å². The summed E-state index contributed by atoms with van der Waals surface area (Å²) in [6, 6.07) is 13.4. The van der Waals surface area contributed by atoms with Gasteiger partial charge >= 0.3 is 0 Å². The second kappa shape index (κ2) is 6.49. The Morgan fingerprint density at radius 2 is 1.92 bits per heavy atom. The standard InChI is InChI=1S/C17H17N5O2/c1-11(2)14-10-15(20-19-14)18-17(24)13-8-9-16(23)22(21-13)12-6-4-3-5-7-12/h3-11H,1-2H3,(H2,18,19,20,24). The number of carbonyl (C=O) groups excluding carboxylic acids is 1. The zero-order valence-electron chi connectivity index (χ0n) is 13.4. The van der Waals surface area contributed by atoms with Crippen LogP contribution in [0, 0.1) is 0 Å². The zero-order chi connectivity index (χ0) is 17.1. The topological polar surface area (TPSA) is 92.7 Å². The molecule has 0 atom stereocenters. The van der Waals surface area contributed by atoms with Gasteiger partial charge in [-0.3, -0.25) is 14.7 Å². The highest BCUT2D eigenvalue weighted by Gasteiger charge is 2.13. The van der Waals surface area contributed by atoms with E-state index in [9.17, 15) is 9.59 Å². The Morgan fingerprint density at radius 3 is 2.58 bits per heavy atom. The fourth-order valence-corrected chi connectivity index (χ4v) is 2.16. The second-order valence-corrected chi connectivity index (χ2v) is 5.62. The first-order valence-electron chi connectivity index (χ1n) is 7.57. The number of aromatic amines is 1. The molecule has 0 saturated heterocycles. The molecule has 0 aliphatic rings. The third kappa shape index (κ3) is 3.24. The van der Waals surface area contributed by atoms with Gasteiger partial charge in [-0.2, -0.15) is 14.9 Å². The Kier molecular flexibility index (Phi) is 4.24. The predicted octanol–water partition coefficient (Wildman–Crippen LogP) is 2.33. The highest BCUT2D eigenvalue weighted by molar-refractivity contribution is 6.02. The number of H-pyrrole nitrogens is 1. The summed E-state index contributed by atoms with van der Waals surface area (Å²) in [7, 11) is 0. The number of aromatic nitrogens is 4. The Balaban J connectivity index is 1.86. The molecule has 7 nitrogen and oxygen atoms in total. The van der Waals surface area contributed by atoms with Crippen LogP contribution in [0.3, 0.4) is 0 Å². The first kappa shape index (κ1) is 15.7. The molecular formula is C17H17N5O2. The van der Waals surface area contributed by atoms with Gasteiger partial charge in [0.25, 0.3) is 11.5 Å². The molecule has 0 saturated carbocycles. The fourth-order valence-electron chi connectivity index (χ4n) is 2.16. The SMILES string of the molecule is CC(C)c1cc(NC(=O)c2ccc(=O)n(-c3ccccc3)n2)n[nH]1. The van der Waals surface area contributed by atoms with Crippen molar-refractivity contribution in [3.8, 4) is 5.69 Å². The molecule has 0 fully saturated rings. The summed E-state index contributed by atoms with van der Waals surface area (Å²) in [6.07, 6.45) is 0. The molecule has 7 heteroatoms. The van der Waals surface area contributed by atoms with Crippen molar-refractivity contribution in [1.29, 1.82) is 0 Å². The number of carbonyl (C=O) groups is 1. The molecule has 2 N–H and O–H groups in total. The molecular weight excluding hydrogens is 306 g/mol. The molecule has 0 spiro atoms. The maximum Gasteiger partial charge on any atom is 0.277 e. The first-order chi connectivity index (χ1) is 11.5. The van der Waals surface area contributed by atoms with Crippen molar-refractivity contribution in [3.63, 3.8) is 0 Å². The molecule has 0 aliphatic heterocycles. The van der Waals surface area contributed by atoms with Crippen molar-refractivity contribution in [2.45, 2.75) is 19.8 Å². The fraction of sp³-hybridized carbons (Fsp3) is 0.176. The van der Waals surface area contributed by atoms with Gasteiger partial charge in [0.05, 0.1) is 5.69 Å². The molecule has 1 amide bonds. The van der Waals surface area contributed by atoms with E-state index in [1.165, 1.54) is 16.8 Å². The van der Waals surface area contributed by atoms with Gasteiger partial charge in [-0.15, -0.1) is 0 Å². The van der Waals surface area contributed by atoms with E-state index in [0.717, 1.165) is 5.69 Å². The van der Waals surface area contributed by atoms with Crippen molar-refractivity contribution >= 4 is 11.7 Å². The number of hydrogen-bond donors (Lipinski definition) is 2. The summed E-state index contributed by atoms with van der Waals surface area (Å²) in [5.74, 6) is 0.269. The lowest BCUT2D eigenvalue weighted by molar-refractivity contribution is 0.102. The molecule has 0 bridgehead atoms. The number of anilines is 1. The smallest absolute Gasteiger partial charge is 0.277 e. The van der Waals surface area contributed by atoms with E-state index in [1.54, 1.807) is 30.3 Å². The molecule has 0 aliphatic carbocycles. The van der Waals surface area contributed by atoms with E-state index >= 15 is 0 Å². The van der Waals surface area contributed by atoms with Gasteiger partial charge in [-0.1, -0.05) is 32.0 Å². The lowest BCUT2D eigenvalue weighted by atomic mass is 10.1. The van der Waals surface area contributed by atoms with Crippen LogP contribution in [-0.2, 0) is 0 Å². The van der Waals surface area contributed by atoms with E-state index in [1.807, 2.05) is 19.9 Å². The Morgan fingerprint density at radius 1 is 1.17 bits per heavy atom. The Labute approximate surface area is 138 Å². The molecule has 1 aromatic carbocycles. The minimum atomic E-state index is -0.429. The number of amides is 1. The van der Waals surface area contributed by atoms with Crippen LogP contribution < -0.4 is 10.9 Å². The van der Waals surface area contributed by atoms with Gasteiger partial charge in [0.1, 0.15) is 5.69 Å². The quantitative estimate of drug-likeness (QED) is 0.770. The van der Waals surface area contributed by atoms with Gasteiger partial charge in [0, 0.05) is 17.8 Å². The van der Waals surface area contributed by atoms with Gasteiger partial charge in [-0.05, 0) is 24.1 Å². The molecule has 24 heavy (non-hydrogen) atoms. The molecule has 0 unspecified atom stereocenters. The minimum absolute atomic E-state index is 0.132. The van der Waals surface area contributed by atoms with Gasteiger partial charge in [-0.25, -0.2) is 0 Å². The Bertz CT molecular complexity index is 912. The van der Waals surface area contributed by atoms with Crippen molar-refractivity contribution in [2.24, 2.45) is 0 Å². The molecule has 2 heterocycles. The number of rotatable bonds is 4. The monoisotopic (exact) mass is 323 g/mol. The average molecular weight is 323 g/mol. The van der Waals surface area contributed by atoms with Crippen LogP contribution in [0.25, 0.3) is 5.69 Å². The van der Waals surface area contributed by atoms with E-state index in [0.29, 0.717) is 11.5 Å². The van der Waals surface area contributed by atoms with Crippen molar-refractivity contribution in [1.82, 2.24) is 20.0 Å². The highest BCUT2D eigenvalue weighted by atomic mass is 16.2. The van der Waals surface area contributed by atoms with Gasteiger partial charge in [0.15, 0.2) is 5.82 Å². The molecule has 122 valence electrons. The second-order valence-electron chi connectivity index (χ2n) is 5.62. The normalized spacial score (nSPS) is 10.8. The molecule has 2 aromatic heterocycles. The minimum Gasteiger partial charge on any atom is -0.304 e. The third-order valence-electron chi connectivity index (χ3n) is 3.49. The summed E-state index contributed by atoms with van der Waals surface area (Å²) >= 11 is 0. The summed E-state index contributed by atoms with van der Waals surface area (Å²) < 4.78 is 1.19. The van der Waals surface area contributed by atoms with E-state index < -0.39 is 5.91 Å². The van der Waals surface area contributed by atoms with Crippen LogP contribution in [0.4, 0.5) is 5.82 Å². The first-order valence-corrected chi connectivity index (χ1v) is 7.57. The largest absolute Gasteiger partial charge is 0.304 e. The molecule has 3 aromatic rings. The Hall–Kier alpha value is -3.22. The molecule has 0 radical (unpaired) electrons. The maximum absolute atomic E-state index is 12.3. The van der Waals surface area contributed by atoms with Gasteiger partial charge in [0.2, 0.25) is 0 Å². The van der Waals surface area contributed by atoms with Crippen molar-refractivity contribution < 1.29 is 4.79 Å². The summed E-state index contributed by atoms with van der Waals surface area (Å²) in [6.45, 7) is 4.05. The lowest BCUT2D eigenvalue weighted by Gasteiger charge is -2.06. The van der Waals surface area contributed by atoms with Crippen LogP contribution >= 0.6 is 0 Å². The van der Waals surface area contributed by atoms with Crippen LogP contribution in [0.2, 0.25) is 0 Å². The van der Waals surface area contributed by atoms with Crippen molar-refractivity contribution in [3.05, 3.63) is 70.3 Å². The van der Waals surface area contributed by atoms with E-state index in [4.69, 9.17) is 0 Å². The summed E-state index contributed by atoms with van der Waals surface area (Å²) in [4.78, 5) is 24.3. The van der Waals surface area contributed by atoms with E-state index in [2.05, 4.69) is 20.6 Å². The number of benzene rings is 1. The van der Waals surface area contributed by atoms with Crippen LogP contribution in [-0.4, -0.2) is 25.9 Å². The average Bonchev–Trinajstić information content (AvgIpc) is 3.05. The zero-order valence-corrected chi connectivity index (χ0v) is 13.4. The predicted molar refractivity (Wildman–Crippen MR) is 90.5 cm³/mol. The maximum atomic E-state index is 12.3. The van der Waals surface area contributed by atoms with Gasteiger partial charge < -0.3 is 5.32 Å². The summed E-state index contributed by atoms with van der Waals surface area (Å²) in [5, 5.41) is 13.7. The summed E-state index contributed by atoms with van der Waals surface area (Å²) in [5.41, 5.74) is 1.35. The number of para-hydroxylation sites is 1. The number of hydrogen-bond acceptors (Lipinski definition) is 4. The number of nitrogens with one attached hydrogen (secondary N) is 2. The van der Waals surface area contributed by atoms with Crippen molar-refractivity contribution in [2.75, 3.05) is 5.32 Å². The van der Waals surface area contributed by atoms with Crippen LogP contribution in [0.15, 0.2) is 53.3 Å². The third-order valence-corrected chi connectivity index (χ3v) is 3.49. The van der Waals surface area contributed by atoms with Crippen LogP contribution in [0.5, 0.6) is 0 Å². The van der Waals surface area contributed by atoms with Crippen LogP contribution in [0.1, 0.15) is 35.9 Å². The highest BCUT2D eigenvalue weighted by Crippen LogP contribution is 2.15. The molecule has 3 rings (SSSR count).